The number of nitrogens with one attached hydrogen (secondary N) is 1. The molecule has 8 nitrogen and oxygen atoms in total. The Balaban J connectivity index is 1.41. The Bertz CT molecular complexity index is 816. The second-order valence-electron chi connectivity index (χ2n) is 7.53. The minimum Gasteiger partial charge on any atom is -0.378 e. The molecule has 2 saturated heterocycles. The number of hydrogen-bond acceptors (Lipinski definition) is 7. The summed E-state index contributed by atoms with van der Waals surface area (Å²) in [5.74, 6) is -0.669. The maximum Gasteiger partial charge on any atom is 0.264 e. The molecule has 2 heterocycles. The van der Waals surface area contributed by atoms with Crippen LogP contribution in [0, 0.1) is 0 Å². The number of carbonyl (C=O) groups excluding carboxylic acids is 2. The predicted octanol–water partition coefficient (Wildman–Crippen LogP) is 1.56. The van der Waals surface area contributed by atoms with E-state index >= 15 is 0 Å². The molecule has 1 N–H and O–H groups in total. The average molecular weight is 425 g/mol. The highest BCUT2D eigenvalue weighted by molar-refractivity contribution is 7.85. The SMILES string of the molecule is CS(=O)(=O)OCCCOC1CCN(c2ccc(C3CCC(=O)NC3=O)cc2)CC1. The Labute approximate surface area is 171 Å². The van der Waals surface area contributed by atoms with E-state index in [2.05, 4.69) is 10.2 Å². The Hall–Kier alpha value is -1.97. The van der Waals surface area contributed by atoms with Crippen molar-refractivity contribution in [3.05, 3.63) is 29.8 Å². The van der Waals surface area contributed by atoms with E-state index in [1.54, 1.807) is 0 Å². The van der Waals surface area contributed by atoms with Gasteiger partial charge in [0.1, 0.15) is 0 Å². The largest absolute Gasteiger partial charge is 0.378 e. The van der Waals surface area contributed by atoms with E-state index in [0.29, 0.717) is 25.9 Å². The van der Waals surface area contributed by atoms with Gasteiger partial charge in [-0.2, -0.15) is 8.42 Å². The number of hydrogen-bond donors (Lipinski definition) is 1. The first-order valence-electron chi connectivity index (χ1n) is 9.96. The van der Waals surface area contributed by atoms with Crippen molar-refractivity contribution in [3.63, 3.8) is 0 Å². The zero-order valence-corrected chi connectivity index (χ0v) is 17.4. The highest BCUT2D eigenvalue weighted by Gasteiger charge is 2.28. The van der Waals surface area contributed by atoms with Crippen molar-refractivity contribution < 1.29 is 26.9 Å². The molecule has 2 amide bonds. The Kier molecular flexibility index (Phi) is 7.26. The van der Waals surface area contributed by atoms with Gasteiger partial charge in [-0.1, -0.05) is 12.1 Å². The minimum absolute atomic E-state index is 0.150. The van der Waals surface area contributed by atoms with Crippen molar-refractivity contribution in [2.45, 2.75) is 44.1 Å². The van der Waals surface area contributed by atoms with E-state index in [1.165, 1.54) is 0 Å². The van der Waals surface area contributed by atoms with Crippen LogP contribution < -0.4 is 10.2 Å². The molecular weight excluding hydrogens is 396 g/mol. The fourth-order valence-electron chi connectivity index (χ4n) is 3.73. The molecule has 0 spiro atoms. The lowest BCUT2D eigenvalue weighted by Gasteiger charge is -2.33. The van der Waals surface area contributed by atoms with Gasteiger partial charge in [0.25, 0.3) is 10.1 Å². The Morgan fingerprint density at radius 3 is 2.38 bits per heavy atom. The zero-order chi connectivity index (χ0) is 20.9. The summed E-state index contributed by atoms with van der Waals surface area (Å²) in [6.07, 6.45) is 4.51. The number of nitrogens with zero attached hydrogens (tertiary/aromatic N) is 1. The summed E-state index contributed by atoms with van der Waals surface area (Å²) in [6.45, 7) is 2.39. The second kappa shape index (κ2) is 9.69. The highest BCUT2D eigenvalue weighted by atomic mass is 32.2. The maximum atomic E-state index is 12.0. The fourth-order valence-corrected chi connectivity index (χ4v) is 4.15. The number of anilines is 1. The lowest BCUT2D eigenvalue weighted by molar-refractivity contribution is -0.134. The number of imide groups is 1. The predicted molar refractivity (Wildman–Crippen MR) is 108 cm³/mol. The summed E-state index contributed by atoms with van der Waals surface area (Å²) >= 11 is 0. The molecule has 1 unspecified atom stereocenters. The first-order chi connectivity index (χ1) is 13.8. The molecule has 2 fully saturated rings. The molecule has 0 radical (unpaired) electrons. The molecule has 3 rings (SSSR count). The van der Waals surface area contributed by atoms with E-state index in [1.807, 2.05) is 24.3 Å². The lowest BCUT2D eigenvalue weighted by atomic mass is 9.90. The van der Waals surface area contributed by atoms with E-state index < -0.39 is 10.1 Å². The molecule has 29 heavy (non-hydrogen) atoms. The summed E-state index contributed by atoms with van der Waals surface area (Å²) in [5, 5.41) is 2.40. The van der Waals surface area contributed by atoms with Crippen molar-refractivity contribution >= 4 is 27.6 Å². The minimum atomic E-state index is -3.38. The van der Waals surface area contributed by atoms with Gasteiger partial charge in [0.05, 0.1) is 24.9 Å². The molecule has 2 aliphatic heterocycles. The van der Waals surface area contributed by atoms with E-state index in [9.17, 15) is 18.0 Å². The Morgan fingerprint density at radius 2 is 1.76 bits per heavy atom. The highest BCUT2D eigenvalue weighted by Crippen LogP contribution is 2.28. The fraction of sp³-hybridized carbons (Fsp3) is 0.600. The van der Waals surface area contributed by atoms with E-state index in [0.717, 1.165) is 43.4 Å². The molecule has 0 aliphatic carbocycles. The third-order valence-electron chi connectivity index (χ3n) is 5.28. The number of amides is 2. The van der Waals surface area contributed by atoms with Crippen LogP contribution in [0.1, 0.15) is 43.6 Å². The van der Waals surface area contributed by atoms with Crippen LogP contribution in [-0.4, -0.2) is 58.9 Å². The summed E-state index contributed by atoms with van der Waals surface area (Å²) in [4.78, 5) is 25.6. The molecule has 0 saturated carbocycles. The van der Waals surface area contributed by atoms with Crippen molar-refractivity contribution in [3.8, 4) is 0 Å². The number of carbonyl (C=O) groups is 2. The quantitative estimate of drug-likeness (QED) is 0.384. The van der Waals surface area contributed by atoms with Gasteiger partial charge >= 0.3 is 0 Å². The van der Waals surface area contributed by atoms with Crippen molar-refractivity contribution in [2.75, 3.05) is 37.5 Å². The van der Waals surface area contributed by atoms with Gasteiger partial charge in [-0.15, -0.1) is 0 Å². The van der Waals surface area contributed by atoms with Crippen LogP contribution in [-0.2, 0) is 28.6 Å². The van der Waals surface area contributed by atoms with Crippen LogP contribution in [0.3, 0.4) is 0 Å². The number of piperidine rings is 2. The summed E-state index contributed by atoms with van der Waals surface area (Å²) in [5.41, 5.74) is 2.05. The van der Waals surface area contributed by atoms with Gasteiger partial charge in [-0.25, -0.2) is 0 Å². The standard InChI is InChI=1S/C20H28N2O6S/c1-29(25,26)28-14-2-13-27-17-9-11-22(12-10-17)16-5-3-15(4-6-16)18-7-8-19(23)21-20(18)24/h3-6,17-18H,2,7-14H2,1H3,(H,21,23,24). The van der Waals surface area contributed by atoms with Gasteiger partial charge < -0.3 is 9.64 Å². The van der Waals surface area contributed by atoms with Crippen LogP contribution in [0.2, 0.25) is 0 Å². The zero-order valence-electron chi connectivity index (χ0n) is 16.6. The van der Waals surface area contributed by atoms with Crippen LogP contribution in [0.4, 0.5) is 5.69 Å². The summed E-state index contributed by atoms with van der Waals surface area (Å²) in [6, 6.07) is 8.00. The molecule has 160 valence electrons. The smallest absolute Gasteiger partial charge is 0.264 e. The van der Waals surface area contributed by atoms with Gasteiger partial charge in [0.2, 0.25) is 11.8 Å². The molecular formula is C20H28N2O6S. The van der Waals surface area contributed by atoms with Gasteiger partial charge in [-0.05, 0) is 43.4 Å². The van der Waals surface area contributed by atoms with Crippen LogP contribution >= 0.6 is 0 Å². The maximum absolute atomic E-state index is 12.0. The van der Waals surface area contributed by atoms with Gasteiger partial charge in [0, 0.05) is 31.8 Å². The summed E-state index contributed by atoms with van der Waals surface area (Å²) < 4.78 is 32.3. The van der Waals surface area contributed by atoms with Crippen molar-refractivity contribution in [2.24, 2.45) is 0 Å². The number of benzene rings is 1. The normalized spacial score (nSPS) is 21.3. The first kappa shape index (κ1) is 21.7. The molecule has 9 heteroatoms. The van der Waals surface area contributed by atoms with Crippen LogP contribution in [0.15, 0.2) is 24.3 Å². The number of ether oxygens (including phenoxy) is 1. The van der Waals surface area contributed by atoms with E-state index in [4.69, 9.17) is 8.92 Å². The molecule has 0 aromatic heterocycles. The van der Waals surface area contributed by atoms with Gasteiger partial charge in [-0.3, -0.25) is 19.1 Å². The second-order valence-corrected chi connectivity index (χ2v) is 9.18. The molecule has 1 atom stereocenters. The van der Waals surface area contributed by atoms with E-state index in [-0.39, 0.29) is 30.4 Å². The van der Waals surface area contributed by atoms with Crippen LogP contribution in [0.25, 0.3) is 0 Å². The first-order valence-corrected chi connectivity index (χ1v) is 11.8. The average Bonchev–Trinajstić information content (AvgIpc) is 2.68. The molecule has 0 bridgehead atoms. The van der Waals surface area contributed by atoms with Crippen molar-refractivity contribution in [1.29, 1.82) is 0 Å². The number of rotatable bonds is 8. The molecule has 2 aliphatic rings. The third kappa shape index (κ3) is 6.52. The van der Waals surface area contributed by atoms with Gasteiger partial charge in [0.15, 0.2) is 0 Å². The van der Waals surface area contributed by atoms with Crippen molar-refractivity contribution in [1.82, 2.24) is 5.32 Å². The molecule has 1 aromatic carbocycles. The topological polar surface area (TPSA) is 102 Å². The monoisotopic (exact) mass is 424 g/mol. The lowest BCUT2D eigenvalue weighted by Crippen LogP contribution is -2.39. The third-order valence-corrected chi connectivity index (χ3v) is 5.88. The van der Waals surface area contributed by atoms with Crippen LogP contribution in [0.5, 0.6) is 0 Å². The summed E-state index contributed by atoms with van der Waals surface area (Å²) in [7, 11) is -3.38. The molecule has 1 aromatic rings. The Morgan fingerprint density at radius 1 is 1.07 bits per heavy atom.